The third-order valence-corrected chi connectivity index (χ3v) is 3.00. The number of rotatable bonds is 5. The minimum absolute atomic E-state index is 0.534. The Hall–Kier alpha value is -1.88. The van der Waals surface area contributed by atoms with Crippen LogP contribution in [0.5, 0.6) is 11.5 Å². The highest BCUT2D eigenvalue weighted by molar-refractivity contribution is 6.32. The smallest absolute Gasteiger partial charge is 0.145 e. The second-order valence-electron chi connectivity index (χ2n) is 4.02. The van der Waals surface area contributed by atoms with Crippen molar-refractivity contribution in [2.24, 2.45) is 7.05 Å². The quantitative estimate of drug-likeness (QED) is 0.915. The topological polar surface area (TPSA) is 48.3 Å². The summed E-state index contributed by atoms with van der Waals surface area (Å²) in [6.45, 7) is 0.597. The van der Waals surface area contributed by atoms with Gasteiger partial charge in [-0.1, -0.05) is 11.6 Å². The van der Waals surface area contributed by atoms with Gasteiger partial charge in [0.2, 0.25) is 0 Å². The number of anilines is 1. The van der Waals surface area contributed by atoms with Crippen LogP contribution in [0.1, 0.15) is 5.69 Å². The van der Waals surface area contributed by atoms with E-state index < -0.39 is 0 Å². The SMILES string of the molecule is COc1cc(OC)c(NCc2ccn(C)n2)cc1Cl. The number of hydrogen-bond acceptors (Lipinski definition) is 4. The molecule has 1 aromatic heterocycles. The van der Waals surface area contributed by atoms with Crippen LogP contribution >= 0.6 is 11.6 Å². The molecule has 6 heteroatoms. The summed E-state index contributed by atoms with van der Waals surface area (Å²) < 4.78 is 12.2. The van der Waals surface area contributed by atoms with Crippen LogP contribution in [0, 0.1) is 0 Å². The van der Waals surface area contributed by atoms with Gasteiger partial charge in [0.25, 0.3) is 0 Å². The van der Waals surface area contributed by atoms with Crippen molar-refractivity contribution < 1.29 is 9.47 Å². The molecule has 0 bridgehead atoms. The maximum atomic E-state index is 6.10. The molecule has 2 rings (SSSR count). The molecule has 5 nitrogen and oxygen atoms in total. The third-order valence-electron chi connectivity index (χ3n) is 2.70. The molecule has 0 spiro atoms. The predicted octanol–water partition coefficient (Wildman–Crippen LogP) is 2.70. The Morgan fingerprint density at radius 3 is 2.58 bits per heavy atom. The van der Waals surface area contributed by atoms with E-state index in [-0.39, 0.29) is 0 Å². The molecule has 1 aromatic carbocycles. The molecule has 0 saturated carbocycles. The van der Waals surface area contributed by atoms with E-state index in [2.05, 4.69) is 10.4 Å². The van der Waals surface area contributed by atoms with Gasteiger partial charge in [0, 0.05) is 19.3 Å². The predicted molar refractivity (Wildman–Crippen MR) is 75.1 cm³/mol. The first-order valence-electron chi connectivity index (χ1n) is 5.78. The average molecular weight is 282 g/mol. The zero-order chi connectivity index (χ0) is 13.8. The van der Waals surface area contributed by atoms with Crippen molar-refractivity contribution in [1.82, 2.24) is 9.78 Å². The molecule has 1 heterocycles. The molecule has 0 aliphatic rings. The first-order valence-corrected chi connectivity index (χ1v) is 6.15. The number of nitrogens with one attached hydrogen (secondary N) is 1. The van der Waals surface area contributed by atoms with Crippen molar-refractivity contribution in [1.29, 1.82) is 0 Å². The van der Waals surface area contributed by atoms with Gasteiger partial charge >= 0.3 is 0 Å². The Bertz CT molecular complexity index is 569. The number of aromatic nitrogens is 2. The lowest BCUT2D eigenvalue weighted by molar-refractivity contribution is 0.395. The fourth-order valence-electron chi connectivity index (χ4n) is 1.74. The van der Waals surface area contributed by atoms with Gasteiger partial charge in [-0.25, -0.2) is 0 Å². The first kappa shape index (κ1) is 13.5. The molecule has 2 aromatic rings. The largest absolute Gasteiger partial charge is 0.495 e. The number of aryl methyl sites for hydroxylation is 1. The van der Waals surface area contributed by atoms with Gasteiger partial charge < -0.3 is 14.8 Å². The van der Waals surface area contributed by atoms with Crippen LogP contribution < -0.4 is 14.8 Å². The van der Waals surface area contributed by atoms with E-state index in [0.29, 0.717) is 23.1 Å². The fraction of sp³-hybridized carbons (Fsp3) is 0.308. The third kappa shape index (κ3) is 3.12. The lowest BCUT2D eigenvalue weighted by atomic mass is 10.2. The van der Waals surface area contributed by atoms with E-state index in [9.17, 15) is 0 Å². The minimum atomic E-state index is 0.534. The summed E-state index contributed by atoms with van der Waals surface area (Å²) in [4.78, 5) is 0. The summed E-state index contributed by atoms with van der Waals surface area (Å²) in [6, 6.07) is 5.48. The number of ether oxygens (including phenoxy) is 2. The monoisotopic (exact) mass is 281 g/mol. The van der Waals surface area contributed by atoms with Crippen LogP contribution in [0.15, 0.2) is 24.4 Å². The maximum Gasteiger partial charge on any atom is 0.145 e. The minimum Gasteiger partial charge on any atom is -0.495 e. The van der Waals surface area contributed by atoms with E-state index in [1.54, 1.807) is 31.0 Å². The highest BCUT2D eigenvalue weighted by Gasteiger charge is 2.10. The molecular weight excluding hydrogens is 266 g/mol. The van der Waals surface area contributed by atoms with Gasteiger partial charge in [-0.15, -0.1) is 0 Å². The Kier molecular flexibility index (Phi) is 4.16. The highest BCUT2D eigenvalue weighted by Crippen LogP contribution is 2.35. The normalized spacial score (nSPS) is 10.3. The molecule has 0 aliphatic heterocycles. The van der Waals surface area contributed by atoms with Gasteiger partial charge in [-0.2, -0.15) is 5.10 Å². The molecule has 1 N–H and O–H groups in total. The van der Waals surface area contributed by atoms with E-state index in [1.165, 1.54) is 0 Å². The van der Waals surface area contributed by atoms with Gasteiger partial charge in [-0.3, -0.25) is 4.68 Å². The van der Waals surface area contributed by atoms with Crippen molar-refractivity contribution in [3.8, 4) is 11.5 Å². The van der Waals surface area contributed by atoms with Crippen molar-refractivity contribution in [2.75, 3.05) is 19.5 Å². The first-order chi connectivity index (χ1) is 9.13. The van der Waals surface area contributed by atoms with Crippen LogP contribution in [-0.2, 0) is 13.6 Å². The number of nitrogens with zero attached hydrogens (tertiary/aromatic N) is 2. The summed E-state index contributed by atoms with van der Waals surface area (Å²) in [6.07, 6.45) is 1.90. The highest BCUT2D eigenvalue weighted by atomic mass is 35.5. The summed E-state index contributed by atoms with van der Waals surface area (Å²) >= 11 is 6.10. The van der Waals surface area contributed by atoms with Gasteiger partial charge in [0.1, 0.15) is 11.5 Å². The van der Waals surface area contributed by atoms with Crippen molar-refractivity contribution in [2.45, 2.75) is 6.54 Å². The summed E-state index contributed by atoms with van der Waals surface area (Å²) in [7, 11) is 5.06. The van der Waals surface area contributed by atoms with E-state index >= 15 is 0 Å². The molecular formula is C13H16ClN3O2. The summed E-state index contributed by atoms with van der Waals surface area (Å²) in [5.41, 5.74) is 1.75. The van der Waals surface area contributed by atoms with Crippen molar-refractivity contribution in [3.05, 3.63) is 35.1 Å². The molecule has 0 saturated heterocycles. The Morgan fingerprint density at radius 1 is 1.26 bits per heavy atom. The Balaban J connectivity index is 2.17. The molecule has 0 atom stereocenters. The fourth-order valence-corrected chi connectivity index (χ4v) is 1.98. The number of hydrogen-bond donors (Lipinski definition) is 1. The van der Waals surface area contributed by atoms with Crippen LogP contribution in [0.2, 0.25) is 5.02 Å². The van der Waals surface area contributed by atoms with Gasteiger partial charge in [0.15, 0.2) is 0 Å². The molecule has 19 heavy (non-hydrogen) atoms. The van der Waals surface area contributed by atoms with E-state index in [1.807, 2.05) is 19.3 Å². The van der Waals surface area contributed by atoms with Crippen LogP contribution in [0.25, 0.3) is 0 Å². The lowest BCUT2D eigenvalue weighted by Gasteiger charge is -2.13. The molecule has 0 aliphatic carbocycles. The molecule has 0 radical (unpaired) electrons. The van der Waals surface area contributed by atoms with Crippen LogP contribution in [0.3, 0.4) is 0 Å². The van der Waals surface area contributed by atoms with Gasteiger partial charge in [0.05, 0.1) is 37.2 Å². The second kappa shape index (κ2) is 5.84. The Morgan fingerprint density at radius 2 is 2.00 bits per heavy atom. The number of halogens is 1. The molecule has 0 unspecified atom stereocenters. The van der Waals surface area contributed by atoms with Crippen molar-refractivity contribution in [3.63, 3.8) is 0 Å². The summed E-state index contributed by atoms with van der Waals surface area (Å²) in [5, 5.41) is 8.07. The molecule has 0 fully saturated rings. The molecule has 0 amide bonds. The van der Waals surface area contributed by atoms with E-state index in [4.69, 9.17) is 21.1 Å². The zero-order valence-corrected chi connectivity index (χ0v) is 11.9. The zero-order valence-electron chi connectivity index (χ0n) is 11.1. The second-order valence-corrected chi connectivity index (χ2v) is 4.43. The Labute approximate surface area is 117 Å². The van der Waals surface area contributed by atoms with Gasteiger partial charge in [-0.05, 0) is 12.1 Å². The van der Waals surface area contributed by atoms with E-state index in [0.717, 1.165) is 11.4 Å². The lowest BCUT2D eigenvalue weighted by Crippen LogP contribution is -2.03. The van der Waals surface area contributed by atoms with Crippen LogP contribution in [-0.4, -0.2) is 24.0 Å². The van der Waals surface area contributed by atoms with Crippen molar-refractivity contribution >= 4 is 17.3 Å². The standard InChI is InChI=1S/C13H16ClN3O2/c1-17-5-4-9(16-17)8-15-11-6-10(14)12(18-2)7-13(11)19-3/h4-7,15H,8H2,1-3H3. The summed E-state index contributed by atoms with van der Waals surface area (Å²) in [5.74, 6) is 1.26. The number of benzene rings is 1. The maximum absolute atomic E-state index is 6.10. The van der Waals surface area contributed by atoms with Crippen LogP contribution in [0.4, 0.5) is 5.69 Å². The number of methoxy groups -OCH3 is 2. The molecule has 102 valence electrons. The average Bonchev–Trinajstić information content (AvgIpc) is 2.82.